The van der Waals surface area contributed by atoms with Gasteiger partial charge in [0.05, 0.1) is 6.61 Å². The van der Waals surface area contributed by atoms with Crippen molar-refractivity contribution in [3.63, 3.8) is 0 Å². The van der Waals surface area contributed by atoms with Gasteiger partial charge in [0.25, 0.3) is 0 Å². The molecule has 0 aliphatic heterocycles. The van der Waals surface area contributed by atoms with Gasteiger partial charge >= 0.3 is 0 Å². The van der Waals surface area contributed by atoms with Crippen molar-refractivity contribution in [2.24, 2.45) is 0 Å². The molecule has 0 radical (unpaired) electrons. The average molecular weight is 501 g/mol. The zero-order valence-corrected chi connectivity index (χ0v) is 24.0. The molecule has 0 aliphatic rings. The van der Waals surface area contributed by atoms with E-state index in [1.807, 2.05) is 0 Å². The monoisotopic (exact) mass is 500 g/mol. The van der Waals surface area contributed by atoms with E-state index < -0.39 is 0 Å². The van der Waals surface area contributed by atoms with E-state index in [4.69, 9.17) is 14.7 Å². The molecule has 1 atom stereocenters. The van der Waals surface area contributed by atoms with Crippen molar-refractivity contribution in [2.75, 3.05) is 26.4 Å². The van der Waals surface area contributed by atoms with E-state index in [2.05, 4.69) is 18.7 Å². The zero-order chi connectivity index (χ0) is 25.5. The van der Waals surface area contributed by atoms with Gasteiger partial charge in [0.15, 0.2) is 0 Å². The van der Waals surface area contributed by atoms with Gasteiger partial charge in [-0.3, -0.25) is 5.26 Å². The molecule has 0 rings (SSSR count). The van der Waals surface area contributed by atoms with Gasteiger partial charge < -0.3 is 9.47 Å². The van der Waals surface area contributed by atoms with Crippen LogP contribution in [0.3, 0.4) is 0 Å². The van der Waals surface area contributed by atoms with Crippen LogP contribution in [-0.2, 0) is 14.4 Å². The van der Waals surface area contributed by atoms with Crippen LogP contribution in [0.2, 0.25) is 0 Å². The fourth-order valence-corrected chi connectivity index (χ4v) is 4.68. The topological polar surface area (TPSA) is 47.9 Å². The third-order valence-corrected chi connectivity index (χ3v) is 7.06. The number of rotatable bonds is 31. The van der Waals surface area contributed by atoms with Gasteiger partial charge in [-0.1, -0.05) is 155 Å². The molecule has 4 heteroatoms. The summed E-state index contributed by atoms with van der Waals surface area (Å²) < 4.78 is 11.7. The molecule has 0 aliphatic carbocycles. The van der Waals surface area contributed by atoms with Crippen molar-refractivity contribution in [1.82, 2.24) is 0 Å². The van der Waals surface area contributed by atoms with E-state index in [0.717, 1.165) is 26.1 Å². The first-order chi connectivity index (χ1) is 17.3. The fourth-order valence-electron chi connectivity index (χ4n) is 4.68. The summed E-state index contributed by atoms with van der Waals surface area (Å²) >= 11 is 0. The maximum absolute atomic E-state index is 8.82. The second-order valence-corrected chi connectivity index (χ2v) is 10.6. The maximum atomic E-state index is 8.82. The SMILES string of the molecule is CCCCCCCCCCCCCCOCC(COO)OCCCCCCCCCCCCCC. The van der Waals surface area contributed by atoms with Crippen LogP contribution in [0.15, 0.2) is 0 Å². The Bertz CT molecular complexity index is 364. The maximum Gasteiger partial charge on any atom is 0.110 e. The predicted molar refractivity (Wildman–Crippen MR) is 151 cm³/mol. The lowest BCUT2D eigenvalue weighted by Gasteiger charge is -2.16. The summed E-state index contributed by atoms with van der Waals surface area (Å²) in [5, 5.41) is 8.82. The minimum Gasteiger partial charge on any atom is -0.379 e. The third kappa shape index (κ3) is 30.0. The largest absolute Gasteiger partial charge is 0.379 e. The molecule has 0 saturated carbocycles. The Labute approximate surface area is 220 Å². The summed E-state index contributed by atoms with van der Waals surface area (Å²) in [5.74, 6) is 0. The van der Waals surface area contributed by atoms with Crippen LogP contribution >= 0.6 is 0 Å². The van der Waals surface area contributed by atoms with Crippen LogP contribution in [0, 0.1) is 0 Å². The molecular formula is C31H64O4. The summed E-state index contributed by atoms with van der Waals surface area (Å²) in [6.45, 7) is 6.77. The minimum atomic E-state index is -0.162. The van der Waals surface area contributed by atoms with Crippen LogP contribution in [0.1, 0.15) is 168 Å². The van der Waals surface area contributed by atoms with E-state index >= 15 is 0 Å². The smallest absolute Gasteiger partial charge is 0.110 e. The summed E-state index contributed by atoms with van der Waals surface area (Å²) in [6.07, 6.45) is 32.2. The second kappa shape index (κ2) is 31.9. The summed E-state index contributed by atoms with van der Waals surface area (Å²) in [4.78, 5) is 4.33. The van der Waals surface area contributed by atoms with Gasteiger partial charge in [0, 0.05) is 13.2 Å². The highest BCUT2D eigenvalue weighted by Gasteiger charge is 2.10. The van der Waals surface area contributed by atoms with Gasteiger partial charge in [-0.05, 0) is 12.8 Å². The highest BCUT2D eigenvalue weighted by molar-refractivity contribution is 4.56. The van der Waals surface area contributed by atoms with E-state index in [9.17, 15) is 0 Å². The Morgan fingerprint density at radius 1 is 0.429 bits per heavy atom. The Hall–Kier alpha value is -0.160. The van der Waals surface area contributed by atoms with Gasteiger partial charge in [0.2, 0.25) is 0 Å². The molecule has 4 nitrogen and oxygen atoms in total. The van der Waals surface area contributed by atoms with Crippen LogP contribution in [0.5, 0.6) is 0 Å². The van der Waals surface area contributed by atoms with Crippen LogP contribution in [0.25, 0.3) is 0 Å². The summed E-state index contributed by atoms with van der Waals surface area (Å²) in [7, 11) is 0. The van der Waals surface area contributed by atoms with Crippen molar-refractivity contribution in [3.05, 3.63) is 0 Å². The summed E-state index contributed by atoms with van der Waals surface area (Å²) in [5.41, 5.74) is 0. The molecule has 0 heterocycles. The molecule has 1 unspecified atom stereocenters. The molecule has 212 valence electrons. The lowest BCUT2D eigenvalue weighted by Crippen LogP contribution is -2.26. The van der Waals surface area contributed by atoms with E-state index in [-0.39, 0.29) is 12.7 Å². The Kier molecular flexibility index (Phi) is 31.7. The lowest BCUT2D eigenvalue weighted by atomic mass is 10.1. The van der Waals surface area contributed by atoms with Crippen LogP contribution in [0.4, 0.5) is 0 Å². The standard InChI is InChI=1S/C31H64O4/c1-3-5-7-9-11-13-15-17-19-21-23-25-27-33-29-31(30-35-32)34-28-26-24-22-20-18-16-14-12-10-8-6-4-2/h31-32H,3-30H2,1-2H3. The van der Waals surface area contributed by atoms with Crippen molar-refractivity contribution < 1.29 is 19.6 Å². The first-order valence-corrected chi connectivity index (χ1v) is 15.8. The Morgan fingerprint density at radius 3 is 1.14 bits per heavy atom. The van der Waals surface area contributed by atoms with Crippen LogP contribution in [-0.4, -0.2) is 37.8 Å². The Balaban J connectivity index is 3.37. The number of hydrogen-bond acceptors (Lipinski definition) is 4. The zero-order valence-electron chi connectivity index (χ0n) is 24.0. The fraction of sp³-hybridized carbons (Fsp3) is 1.00. The number of unbranched alkanes of at least 4 members (excludes halogenated alkanes) is 22. The molecule has 0 saturated heterocycles. The van der Waals surface area contributed by atoms with E-state index in [1.54, 1.807) is 0 Å². The van der Waals surface area contributed by atoms with E-state index in [1.165, 1.54) is 141 Å². The quantitative estimate of drug-likeness (QED) is 0.0584. The molecule has 0 amide bonds. The van der Waals surface area contributed by atoms with E-state index in [0.29, 0.717) is 6.61 Å². The average Bonchev–Trinajstić information content (AvgIpc) is 2.87. The Morgan fingerprint density at radius 2 is 0.771 bits per heavy atom. The molecule has 35 heavy (non-hydrogen) atoms. The lowest BCUT2D eigenvalue weighted by molar-refractivity contribution is -0.263. The van der Waals surface area contributed by atoms with Gasteiger partial charge in [-0.15, -0.1) is 0 Å². The minimum absolute atomic E-state index is 0.162. The van der Waals surface area contributed by atoms with Crippen molar-refractivity contribution in [2.45, 2.75) is 174 Å². The molecule has 0 spiro atoms. The number of ether oxygens (including phenoxy) is 2. The summed E-state index contributed by atoms with van der Waals surface area (Å²) in [6, 6.07) is 0. The van der Waals surface area contributed by atoms with Crippen LogP contribution < -0.4 is 0 Å². The first kappa shape index (κ1) is 34.8. The molecule has 0 aromatic carbocycles. The number of hydrogen-bond donors (Lipinski definition) is 1. The van der Waals surface area contributed by atoms with Gasteiger partial charge in [-0.2, -0.15) is 0 Å². The van der Waals surface area contributed by atoms with Gasteiger partial charge in [0.1, 0.15) is 12.7 Å². The first-order valence-electron chi connectivity index (χ1n) is 15.8. The normalized spacial score (nSPS) is 12.4. The highest BCUT2D eigenvalue weighted by atomic mass is 17.1. The molecular weight excluding hydrogens is 436 g/mol. The highest BCUT2D eigenvalue weighted by Crippen LogP contribution is 2.13. The van der Waals surface area contributed by atoms with Crippen molar-refractivity contribution in [3.8, 4) is 0 Å². The molecule has 1 N–H and O–H groups in total. The van der Waals surface area contributed by atoms with Crippen molar-refractivity contribution in [1.29, 1.82) is 0 Å². The van der Waals surface area contributed by atoms with Crippen molar-refractivity contribution >= 4 is 0 Å². The third-order valence-electron chi connectivity index (χ3n) is 7.06. The molecule has 0 fully saturated rings. The predicted octanol–water partition coefficient (Wildman–Crippen LogP) is 10.3. The molecule has 0 bridgehead atoms. The second-order valence-electron chi connectivity index (χ2n) is 10.6. The molecule has 0 aromatic heterocycles. The molecule has 0 aromatic rings. The van der Waals surface area contributed by atoms with Gasteiger partial charge in [-0.25, -0.2) is 4.89 Å².